The number of aliphatic hydroxyl groups is 2. The predicted octanol–water partition coefficient (Wildman–Crippen LogP) is 1.45. The van der Waals surface area contributed by atoms with E-state index in [1.54, 1.807) is 0 Å². The molecule has 2 N–H and O–H groups in total. The normalized spacial score (nSPS) is 41.2. The zero-order valence-electron chi connectivity index (χ0n) is 7.21. The zero-order chi connectivity index (χ0) is 8.32. The van der Waals surface area contributed by atoms with E-state index in [1.807, 2.05) is 6.92 Å². The molecule has 0 amide bonds. The van der Waals surface area contributed by atoms with Crippen LogP contribution < -0.4 is 0 Å². The summed E-state index contributed by atoms with van der Waals surface area (Å²) in [5, 5.41) is 19.0. The molecule has 0 aliphatic heterocycles. The van der Waals surface area contributed by atoms with Gasteiger partial charge in [0.15, 0.2) is 0 Å². The van der Waals surface area contributed by atoms with Crippen molar-refractivity contribution in [2.45, 2.75) is 57.2 Å². The fourth-order valence-corrected chi connectivity index (χ4v) is 1.63. The van der Waals surface area contributed by atoms with Crippen LogP contribution in [0.1, 0.15) is 45.4 Å². The third-order valence-electron chi connectivity index (χ3n) is 2.52. The average Bonchev–Trinajstić information content (AvgIpc) is 1.92. The van der Waals surface area contributed by atoms with Gasteiger partial charge in [-0.2, -0.15) is 0 Å². The van der Waals surface area contributed by atoms with E-state index < -0.39 is 5.60 Å². The van der Waals surface area contributed by atoms with E-state index in [1.165, 1.54) is 0 Å². The summed E-state index contributed by atoms with van der Waals surface area (Å²) in [5.74, 6) is 0. The second kappa shape index (κ2) is 3.55. The molecule has 1 saturated carbocycles. The largest absolute Gasteiger partial charge is 0.393 e. The highest BCUT2D eigenvalue weighted by atomic mass is 16.3. The maximum Gasteiger partial charge on any atom is 0.0620 e. The van der Waals surface area contributed by atoms with Gasteiger partial charge in [-0.15, -0.1) is 0 Å². The molecule has 0 aromatic carbocycles. The maximum atomic E-state index is 9.69. The molecule has 2 nitrogen and oxygen atoms in total. The third-order valence-corrected chi connectivity index (χ3v) is 2.52. The maximum absolute atomic E-state index is 9.69. The number of aliphatic hydroxyl groups excluding tert-OH is 1. The van der Waals surface area contributed by atoms with Crippen LogP contribution in [0.4, 0.5) is 0 Å². The highest BCUT2D eigenvalue weighted by molar-refractivity contribution is 4.76. The van der Waals surface area contributed by atoms with E-state index >= 15 is 0 Å². The first-order chi connectivity index (χ1) is 5.10. The van der Waals surface area contributed by atoms with E-state index in [4.69, 9.17) is 0 Å². The Kier molecular flexibility index (Phi) is 2.90. The molecule has 2 heteroatoms. The van der Waals surface area contributed by atoms with Crippen molar-refractivity contribution in [2.75, 3.05) is 0 Å². The van der Waals surface area contributed by atoms with Crippen LogP contribution in [-0.4, -0.2) is 21.9 Å². The van der Waals surface area contributed by atoms with Crippen molar-refractivity contribution in [1.29, 1.82) is 0 Å². The Labute approximate surface area is 68.2 Å². The predicted molar refractivity (Wildman–Crippen MR) is 44.3 cm³/mol. The van der Waals surface area contributed by atoms with Gasteiger partial charge < -0.3 is 10.2 Å². The molecule has 0 aromatic rings. The van der Waals surface area contributed by atoms with Crippen LogP contribution in [0.3, 0.4) is 0 Å². The summed E-state index contributed by atoms with van der Waals surface area (Å²) in [6, 6.07) is 0. The number of rotatable bonds is 0. The molecule has 1 aliphatic carbocycles. The molecule has 0 aromatic heterocycles. The summed E-state index contributed by atoms with van der Waals surface area (Å²) in [6.07, 6.45) is 5.22. The Morgan fingerprint density at radius 2 is 1.91 bits per heavy atom. The van der Waals surface area contributed by atoms with Gasteiger partial charge in [0.2, 0.25) is 0 Å². The van der Waals surface area contributed by atoms with E-state index in [-0.39, 0.29) is 6.10 Å². The Morgan fingerprint density at radius 1 is 1.18 bits per heavy atom. The lowest BCUT2D eigenvalue weighted by molar-refractivity contribution is 0.0111. The van der Waals surface area contributed by atoms with E-state index in [0.717, 1.165) is 38.5 Å². The minimum atomic E-state index is -0.526. The van der Waals surface area contributed by atoms with Crippen molar-refractivity contribution in [3.63, 3.8) is 0 Å². The van der Waals surface area contributed by atoms with Gasteiger partial charge in [-0.25, -0.2) is 0 Å². The summed E-state index contributed by atoms with van der Waals surface area (Å²) < 4.78 is 0. The molecule has 11 heavy (non-hydrogen) atoms. The van der Waals surface area contributed by atoms with Gasteiger partial charge in [0.25, 0.3) is 0 Å². The summed E-state index contributed by atoms with van der Waals surface area (Å²) in [7, 11) is 0. The monoisotopic (exact) mass is 158 g/mol. The first kappa shape index (κ1) is 9.01. The number of hydrogen-bond acceptors (Lipinski definition) is 2. The lowest BCUT2D eigenvalue weighted by Crippen LogP contribution is -2.27. The van der Waals surface area contributed by atoms with Crippen molar-refractivity contribution < 1.29 is 10.2 Å². The van der Waals surface area contributed by atoms with Gasteiger partial charge in [-0.1, -0.05) is 12.8 Å². The molecular formula is C9H18O2. The fraction of sp³-hybridized carbons (Fsp3) is 1.00. The van der Waals surface area contributed by atoms with Gasteiger partial charge in [0, 0.05) is 0 Å². The molecule has 0 bridgehead atoms. The molecular weight excluding hydrogens is 140 g/mol. The molecule has 1 aliphatic rings. The average molecular weight is 158 g/mol. The number of hydrogen-bond donors (Lipinski definition) is 2. The van der Waals surface area contributed by atoms with E-state index in [2.05, 4.69) is 0 Å². The van der Waals surface area contributed by atoms with Crippen LogP contribution >= 0.6 is 0 Å². The van der Waals surface area contributed by atoms with E-state index in [0.29, 0.717) is 0 Å². The molecule has 0 saturated heterocycles. The Morgan fingerprint density at radius 3 is 2.64 bits per heavy atom. The molecule has 0 radical (unpaired) electrons. The van der Waals surface area contributed by atoms with Crippen molar-refractivity contribution in [3.05, 3.63) is 0 Å². The molecule has 1 fully saturated rings. The van der Waals surface area contributed by atoms with Gasteiger partial charge in [0.1, 0.15) is 0 Å². The summed E-state index contributed by atoms with van der Waals surface area (Å²) in [5.41, 5.74) is -0.526. The second-order valence-corrected chi connectivity index (χ2v) is 3.94. The summed E-state index contributed by atoms with van der Waals surface area (Å²) in [6.45, 7) is 1.87. The molecule has 1 unspecified atom stereocenters. The van der Waals surface area contributed by atoms with Crippen LogP contribution in [0, 0.1) is 0 Å². The summed E-state index contributed by atoms with van der Waals surface area (Å²) in [4.78, 5) is 0. The lowest BCUT2D eigenvalue weighted by Gasteiger charge is -2.27. The molecule has 1 rings (SSSR count). The third kappa shape index (κ3) is 3.21. The quantitative estimate of drug-likeness (QED) is 0.560. The van der Waals surface area contributed by atoms with Gasteiger partial charge in [-0.3, -0.25) is 0 Å². The van der Waals surface area contributed by atoms with Crippen LogP contribution in [0.25, 0.3) is 0 Å². The van der Waals surface area contributed by atoms with Crippen LogP contribution in [0.2, 0.25) is 0 Å². The van der Waals surface area contributed by atoms with Crippen LogP contribution in [0.15, 0.2) is 0 Å². The fourth-order valence-electron chi connectivity index (χ4n) is 1.63. The second-order valence-electron chi connectivity index (χ2n) is 3.94. The minimum absolute atomic E-state index is 0.179. The first-order valence-electron chi connectivity index (χ1n) is 4.51. The summed E-state index contributed by atoms with van der Waals surface area (Å²) >= 11 is 0. The molecule has 0 heterocycles. The smallest absolute Gasteiger partial charge is 0.0620 e. The van der Waals surface area contributed by atoms with Gasteiger partial charge >= 0.3 is 0 Å². The lowest BCUT2D eigenvalue weighted by atomic mass is 9.88. The van der Waals surface area contributed by atoms with Crippen LogP contribution in [0.5, 0.6) is 0 Å². The Hall–Kier alpha value is -0.0800. The van der Waals surface area contributed by atoms with Crippen molar-refractivity contribution in [1.82, 2.24) is 0 Å². The molecule has 0 spiro atoms. The minimum Gasteiger partial charge on any atom is -0.393 e. The SMILES string of the molecule is C[C@@]1(O)CCCCC(O)CC1. The standard InChI is InChI=1S/C9H18O2/c1-9(11)6-3-2-4-8(10)5-7-9/h8,10-11H,2-7H2,1H3/t8?,9-/m1/s1. The van der Waals surface area contributed by atoms with E-state index in [9.17, 15) is 10.2 Å². The Bertz CT molecular complexity index is 121. The first-order valence-corrected chi connectivity index (χ1v) is 4.51. The highest BCUT2D eigenvalue weighted by Crippen LogP contribution is 2.25. The van der Waals surface area contributed by atoms with Gasteiger partial charge in [0.05, 0.1) is 11.7 Å². The van der Waals surface area contributed by atoms with Crippen molar-refractivity contribution >= 4 is 0 Å². The highest BCUT2D eigenvalue weighted by Gasteiger charge is 2.23. The van der Waals surface area contributed by atoms with Crippen molar-refractivity contribution in [3.8, 4) is 0 Å². The molecule has 2 atom stereocenters. The zero-order valence-corrected chi connectivity index (χ0v) is 7.21. The van der Waals surface area contributed by atoms with Gasteiger partial charge in [-0.05, 0) is 32.6 Å². The Balaban J connectivity index is 2.38. The van der Waals surface area contributed by atoms with Crippen LogP contribution in [-0.2, 0) is 0 Å². The van der Waals surface area contributed by atoms with Crippen molar-refractivity contribution in [2.24, 2.45) is 0 Å². The topological polar surface area (TPSA) is 40.5 Å². The molecule has 66 valence electrons.